The quantitative estimate of drug-likeness (QED) is 0.378. The second-order valence-electron chi connectivity index (χ2n) is 6.57. The largest absolute Gasteiger partial charge is 0.321 e. The predicted molar refractivity (Wildman–Crippen MR) is 125 cm³/mol. The lowest BCUT2D eigenvalue weighted by molar-refractivity contribution is 0.102. The molecule has 4 rings (SSSR count). The van der Waals surface area contributed by atoms with Gasteiger partial charge in [0, 0.05) is 34.9 Å². The summed E-state index contributed by atoms with van der Waals surface area (Å²) in [6.07, 6.45) is 3.29. The Kier molecular flexibility index (Phi) is 5.64. The van der Waals surface area contributed by atoms with E-state index < -0.39 is 0 Å². The number of halogens is 3. The van der Waals surface area contributed by atoms with Gasteiger partial charge in [0.15, 0.2) is 0 Å². The Morgan fingerprint density at radius 2 is 1.90 bits per heavy atom. The first-order valence-corrected chi connectivity index (χ1v) is 10.4. The molecule has 0 atom stereocenters. The summed E-state index contributed by atoms with van der Waals surface area (Å²) in [4.78, 5) is 29.8. The molecule has 0 aliphatic carbocycles. The minimum absolute atomic E-state index is 0.184. The first-order valence-electron chi connectivity index (χ1n) is 8.86. The van der Waals surface area contributed by atoms with Crippen LogP contribution in [0.1, 0.15) is 10.4 Å². The number of nitrogens with one attached hydrogen (secondary N) is 1. The molecule has 2 heterocycles. The van der Waals surface area contributed by atoms with Crippen molar-refractivity contribution in [2.75, 3.05) is 5.32 Å². The van der Waals surface area contributed by atoms with Crippen LogP contribution in [-0.4, -0.2) is 15.5 Å². The van der Waals surface area contributed by atoms with Gasteiger partial charge in [-0.1, -0.05) is 35.3 Å². The molecule has 0 unspecified atom stereocenters. The first kappa shape index (κ1) is 20.6. The van der Waals surface area contributed by atoms with Gasteiger partial charge in [-0.2, -0.15) is 0 Å². The van der Waals surface area contributed by atoms with E-state index >= 15 is 0 Å². The summed E-state index contributed by atoms with van der Waals surface area (Å²) in [5.74, 6) is -0.340. The van der Waals surface area contributed by atoms with Crippen LogP contribution in [0.4, 0.5) is 5.69 Å². The minimum Gasteiger partial charge on any atom is -0.321 e. The van der Waals surface area contributed by atoms with Gasteiger partial charge in [0.2, 0.25) is 0 Å². The van der Waals surface area contributed by atoms with E-state index in [4.69, 9.17) is 23.2 Å². The van der Waals surface area contributed by atoms with Crippen molar-refractivity contribution in [3.63, 3.8) is 0 Å². The number of amides is 1. The number of aryl methyl sites for hydroxylation is 1. The second-order valence-corrected chi connectivity index (χ2v) is 8.21. The number of rotatable bonds is 3. The van der Waals surface area contributed by atoms with Crippen LogP contribution >= 0.6 is 39.1 Å². The second kappa shape index (κ2) is 8.22. The lowest BCUT2D eigenvalue weighted by Crippen LogP contribution is -2.19. The number of carbonyl (C=O) groups excluding carboxylic acids is 1. The predicted octanol–water partition coefficient (Wildman–Crippen LogP) is 5.92. The Labute approximate surface area is 190 Å². The fraction of sp³-hybridized carbons (Fsp3) is 0.0455. The van der Waals surface area contributed by atoms with Crippen molar-refractivity contribution in [3.8, 4) is 11.1 Å². The molecule has 5 nitrogen and oxygen atoms in total. The van der Waals surface area contributed by atoms with Crippen LogP contribution in [-0.2, 0) is 7.05 Å². The highest BCUT2D eigenvalue weighted by Gasteiger charge is 2.19. The van der Waals surface area contributed by atoms with Gasteiger partial charge in [0.25, 0.3) is 11.5 Å². The van der Waals surface area contributed by atoms with Crippen molar-refractivity contribution in [1.29, 1.82) is 0 Å². The lowest BCUT2D eigenvalue weighted by atomic mass is 10.0. The molecule has 0 aliphatic rings. The fourth-order valence-electron chi connectivity index (χ4n) is 3.23. The molecular weight excluding hydrogens is 489 g/mol. The van der Waals surface area contributed by atoms with E-state index in [2.05, 4.69) is 26.2 Å². The lowest BCUT2D eigenvalue weighted by Gasteiger charge is -2.15. The van der Waals surface area contributed by atoms with Crippen molar-refractivity contribution < 1.29 is 4.79 Å². The van der Waals surface area contributed by atoms with Gasteiger partial charge in [0.1, 0.15) is 0 Å². The third kappa shape index (κ3) is 3.62. The van der Waals surface area contributed by atoms with Gasteiger partial charge in [-0.25, -0.2) is 0 Å². The van der Waals surface area contributed by atoms with E-state index in [1.54, 1.807) is 61.9 Å². The van der Waals surface area contributed by atoms with E-state index in [0.717, 1.165) is 10.9 Å². The zero-order valence-electron chi connectivity index (χ0n) is 15.6. The number of anilines is 1. The molecule has 0 spiro atoms. The molecule has 0 radical (unpaired) electrons. The third-order valence-electron chi connectivity index (χ3n) is 4.75. The molecule has 4 aromatic rings. The molecule has 0 fully saturated rings. The average molecular weight is 503 g/mol. The Balaban J connectivity index is 1.84. The molecule has 0 saturated carbocycles. The number of benzene rings is 2. The smallest absolute Gasteiger partial charge is 0.258 e. The van der Waals surface area contributed by atoms with Crippen LogP contribution in [0.2, 0.25) is 10.0 Å². The summed E-state index contributed by atoms with van der Waals surface area (Å²) in [7, 11) is 1.68. The summed E-state index contributed by atoms with van der Waals surface area (Å²) in [6.45, 7) is 0. The molecule has 0 saturated heterocycles. The number of pyridine rings is 2. The highest BCUT2D eigenvalue weighted by molar-refractivity contribution is 9.10. The monoisotopic (exact) mass is 501 g/mol. The maximum atomic E-state index is 13.0. The molecule has 1 amide bonds. The van der Waals surface area contributed by atoms with Crippen molar-refractivity contribution in [1.82, 2.24) is 9.55 Å². The van der Waals surface area contributed by atoms with Gasteiger partial charge in [-0.05, 0) is 52.3 Å². The van der Waals surface area contributed by atoms with Gasteiger partial charge in [-0.15, -0.1) is 0 Å². The van der Waals surface area contributed by atoms with E-state index in [9.17, 15) is 9.59 Å². The molecule has 1 N–H and O–H groups in total. The number of aromatic nitrogens is 2. The van der Waals surface area contributed by atoms with Gasteiger partial charge in [0.05, 0.1) is 32.4 Å². The first-order chi connectivity index (χ1) is 14.4. The molecular formula is C22H14BrCl2N3O2. The summed E-state index contributed by atoms with van der Waals surface area (Å²) >= 11 is 16.4. The van der Waals surface area contributed by atoms with E-state index in [1.807, 2.05) is 6.07 Å². The van der Waals surface area contributed by atoms with Gasteiger partial charge in [-0.3, -0.25) is 14.6 Å². The topological polar surface area (TPSA) is 64.0 Å². The maximum Gasteiger partial charge on any atom is 0.258 e. The van der Waals surface area contributed by atoms with Gasteiger partial charge < -0.3 is 9.88 Å². The van der Waals surface area contributed by atoms with Crippen LogP contribution in [0.5, 0.6) is 0 Å². The number of nitrogens with zero attached hydrogens (tertiary/aromatic N) is 2. The number of hydrogen-bond donors (Lipinski definition) is 1. The average Bonchev–Trinajstić information content (AvgIpc) is 2.74. The van der Waals surface area contributed by atoms with Crippen LogP contribution in [0.3, 0.4) is 0 Å². The molecule has 0 aliphatic heterocycles. The molecule has 2 aromatic carbocycles. The Hall–Kier alpha value is -2.67. The molecule has 30 heavy (non-hydrogen) atoms. The van der Waals surface area contributed by atoms with E-state index in [-0.39, 0.29) is 16.5 Å². The molecule has 0 bridgehead atoms. The Morgan fingerprint density at radius 3 is 2.67 bits per heavy atom. The zero-order valence-corrected chi connectivity index (χ0v) is 18.7. The normalized spacial score (nSPS) is 10.9. The van der Waals surface area contributed by atoms with Crippen LogP contribution in [0.25, 0.3) is 22.0 Å². The number of fused-ring (bicyclic) bond motifs is 1. The summed E-state index contributed by atoms with van der Waals surface area (Å²) in [5.41, 5.74) is 1.97. The Bertz CT molecular complexity index is 1370. The van der Waals surface area contributed by atoms with Crippen molar-refractivity contribution in [2.45, 2.75) is 0 Å². The molecule has 8 heteroatoms. The number of hydrogen-bond acceptors (Lipinski definition) is 3. The van der Waals surface area contributed by atoms with Gasteiger partial charge >= 0.3 is 0 Å². The van der Waals surface area contributed by atoms with Crippen LogP contribution in [0, 0.1) is 0 Å². The minimum atomic E-state index is -0.340. The fourth-order valence-corrected chi connectivity index (χ4v) is 4.32. The van der Waals surface area contributed by atoms with Crippen molar-refractivity contribution in [2.24, 2.45) is 7.05 Å². The summed E-state index contributed by atoms with van der Waals surface area (Å²) in [5, 5.41) is 4.05. The van der Waals surface area contributed by atoms with Crippen LogP contribution in [0.15, 0.2) is 70.2 Å². The summed E-state index contributed by atoms with van der Waals surface area (Å²) < 4.78 is 2.18. The van der Waals surface area contributed by atoms with Crippen molar-refractivity contribution >= 4 is 61.6 Å². The highest BCUT2D eigenvalue weighted by Crippen LogP contribution is 2.39. The van der Waals surface area contributed by atoms with E-state index in [1.165, 1.54) is 4.57 Å². The third-order valence-corrected chi connectivity index (χ3v) is 6.15. The zero-order chi connectivity index (χ0) is 21.4. The molecule has 2 aromatic heterocycles. The maximum absolute atomic E-state index is 13.0. The number of carbonyl (C=O) groups is 1. The summed E-state index contributed by atoms with van der Waals surface area (Å²) in [6, 6.07) is 13.7. The SMILES string of the molecule is Cn1c(=O)c(-c2c(Cl)ccc(NC(=O)c3ccccc3Br)c2Cl)cc2cnccc21. The van der Waals surface area contributed by atoms with E-state index in [0.29, 0.717) is 31.9 Å². The highest BCUT2D eigenvalue weighted by atomic mass is 79.9. The Morgan fingerprint density at radius 1 is 1.13 bits per heavy atom. The van der Waals surface area contributed by atoms with Crippen LogP contribution < -0.4 is 10.9 Å². The van der Waals surface area contributed by atoms with Crippen molar-refractivity contribution in [3.05, 3.63) is 91.4 Å². The molecule has 150 valence electrons. The standard InChI is InChI=1S/C22H14BrCl2N3O2/c1-28-18-8-9-26-11-12(18)10-14(22(28)30)19-16(24)6-7-17(20(19)25)27-21(29)13-4-2-3-5-15(13)23/h2-11H,1H3,(H,27,29).